The van der Waals surface area contributed by atoms with Crippen molar-refractivity contribution in [3.8, 4) is 5.75 Å². The molecule has 0 atom stereocenters. The number of benzene rings is 1. The highest BCUT2D eigenvalue weighted by atomic mass is 32.1. The summed E-state index contributed by atoms with van der Waals surface area (Å²) >= 11 is 5.34. The predicted octanol–water partition coefficient (Wildman–Crippen LogP) is 4.11. The average Bonchev–Trinajstić information content (AvgIpc) is 2.57. The van der Waals surface area contributed by atoms with Crippen molar-refractivity contribution in [2.45, 2.75) is 51.6 Å². The largest absolute Gasteiger partial charge is 0.492 e. The third-order valence-electron chi connectivity index (χ3n) is 3.95. The van der Waals surface area contributed by atoms with E-state index < -0.39 is 0 Å². The molecule has 1 aliphatic rings. The fraction of sp³-hybridized carbons (Fsp3) is 0.611. The molecule has 2 rings (SSSR count). The maximum absolute atomic E-state index is 5.91. The number of hydrogen-bond donors (Lipinski definition) is 2. The number of hydrogen-bond acceptors (Lipinski definition) is 3. The molecule has 2 N–H and O–H groups in total. The van der Waals surface area contributed by atoms with E-state index in [1.807, 2.05) is 31.2 Å². The second kappa shape index (κ2) is 10.4. The molecular weight excluding hydrogens is 308 g/mol. The van der Waals surface area contributed by atoms with Crippen LogP contribution in [0.5, 0.6) is 5.75 Å². The van der Waals surface area contributed by atoms with Crippen LogP contribution >= 0.6 is 12.2 Å². The SMILES string of the molecule is CCOc1ccccc1NC(=S)NCCCOC1CCCCC1. The Morgan fingerprint density at radius 1 is 1.22 bits per heavy atom. The maximum atomic E-state index is 5.91. The summed E-state index contributed by atoms with van der Waals surface area (Å²) in [7, 11) is 0. The van der Waals surface area contributed by atoms with Gasteiger partial charge in [0.1, 0.15) is 5.75 Å². The van der Waals surface area contributed by atoms with Crippen molar-refractivity contribution in [3.05, 3.63) is 24.3 Å². The number of nitrogens with one attached hydrogen (secondary N) is 2. The molecule has 0 spiro atoms. The molecule has 128 valence electrons. The van der Waals surface area contributed by atoms with Crippen molar-refractivity contribution >= 4 is 23.0 Å². The first-order valence-corrected chi connectivity index (χ1v) is 9.08. The normalized spacial score (nSPS) is 15.2. The quantitative estimate of drug-likeness (QED) is 0.552. The molecule has 0 aliphatic heterocycles. The first-order chi connectivity index (χ1) is 11.3. The van der Waals surface area contributed by atoms with Gasteiger partial charge in [-0.1, -0.05) is 31.4 Å². The van der Waals surface area contributed by atoms with Gasteiger partial charge in [-0.3, -0.25) is 0 Å². The van der Waals surface area contributed by atoms with Gasteiger partial charge >= 0.3 is 0 Å². The van der Waals surface area contributed by atoms with Crippen LogP contribution in [0.2, 0.25) is 0 Å². The van der Waals surface area contributed by atoms with E-state index in [9.17, 15) is 0 Å². The van der Waals surface area contributed by atoms with Gasteiger partial charge in [-0.2, -0.15) is 0 Å². The summed E-state index contributed by atoms with van der Waals surface area (Å²) in [5, 5.41) is 7.03. The minimum absolute atomic E-state index is 0.479. The van der Waals surface area contributed by atoms with Gasteiger partial charge in [0.25, 0.3) is 0 Å². The van der Waals surface area contributed by atoms with Crippen LogP contribution < -0.4 is 15.4 Å². The van der Waals surface area contributed by atoms with Crippen LogP contribution in [-0.2, 0) is 4.74 Å². The van der Waals surface area contributed by atoms with Gasteiger partial charge in [0, 0.05) is 13.2 Å². The molecule has 4 nitrogen and oxygen atoms in total. The van der Waals surface area contributed by atoms with Crippen LogP contribution in [0.1, 0.15) is 45.4 Å². The molecule has 1 aromatic carbocycles. The Morgan fingerprint density at radius 3 is 2.78 bits per heavy atom. The molecule has 1 saturated carbocycles. The second-order valence-corrected chi connectivity index (χ2v) is 6.20. The zero-order valence-corrected chi connectivity index (χ0v) is 14.8. The smallest absolute Gasteiger partial charge is 0.170 e. The van der Waals surface area contributed by atoms with Gasteiger partial charge in [0.15, 0.2) is 5.11 Å². The highest BCUT2D eigenvalue weighted by molar-refractivity contribution is 7.80. The molecule has 0 saturated heterocycles. The third-order valence-corrected chi connectivity index (χ3v) is 4.19. The molecule has 0 unspecified atom stereocenters. The second-order valence-electron chi connectivity index (χ2n) is 5.79. The van der Waals surface area contributed by atoms with Crippen LogP contribution in [0.3, 0.4) is 0 Å². The van der Waals surface area contributed by atoms with Crippen molar-refractivity contribution in [1.29, 1.82) is 0 Å². The Balaban J connectivity index is 1.61. The average molecular weight is 337 g/mol. The Hall–Kier alpha value is -1.33. The molecule has 0 radical (unpaired) electrons. The predicted molar refractivity (Wildman–Crippen MR) is 99.3 cm³/mol. The monoisotopic (exact) mass is 336 g/mol. The lowest BCUT2D eigenvalue weighted by atomic mass is 9.98. The molecule has 1 aromatic rings. The highest BCUT2D eigenvalue weighted by Crippen LogP contribution is 2.23. The van der Waals surface area contributed by atoms with E-state index in [4.69, 9.17) is 21.7 Å². The standard InChI is InChI=1S/C18H28N2O2S/c1-2-21-17-12-7-6-11-16(17)20-18(23)19-13-8-14-22-15-9-4-3-5-10-15/h6-7,11-12,15H,2-5,8-10,13-14H2,1H3,(H2,19,20,23). The number of ether oxygens (including phenoxy) is 2. The van der Waals surface area contributed by atoms with Gasteiger partial charge in [-0.25, -0.2) is 0 Å². The van der Waals surface area contributed by atoms with Gasteiger partial charge in [-0.15, -0.1) is 0 Å². The van der Waals surface area contributed by atoms with Crippen molar-refractivity contribution in [1.82, 2.24) is 5.32 Å². The topological polar surface area (TPSA) is 42.5 Å². The summed E-state index contributed by atoms with van der Waals surface area (Å²) in [6.07, 6.45) is 7.89. The van der Waals surface area contributed by atoms with Crippen molar-refractivity contribution in [3.63, 3.8) is 0 Å². The van der Waals surface area contributed by atoms with Crippen LogP contribution in [0, 0.1) is 0 Å². The lowest BCUT2D eigenvalue weighted by molar-refractivity contribution is 0.0277. The summed E-state index contributed by atoms with van der Waals surface area (Å²) in [6.45, 7) is 4.22. The first kappa shape index (κ1) is 18.0. The van der Waals surface area contributed by atoms with Crippen LogP contribution in [0.15, 0.2) is 24.3 Å². The van der Waals surface area contributed by atoms with Crippen LogP contribution in [0.4, 0.5) is 5.69 Å². The number of para-hydroxylation sites is 2. The van der Waals surface area contributed by atoms with Gasteiger partial charge in [0.05, 0.1) is 18.4 Å². The molecule has 0 amide bonds. The lowest BCUT2D eigenvalue weighted by Crippen LogP contribution is -2.30. The minimum Gasteiger partial charge on any atom is -0.492 e. The number of thiocarbonyl (C=S) groups is 1. The zero-order chi connectivity index (χ0) is 16.3. The molecule has 5 heteroatoms. The Bertz CT molecular complexity index is 476. The Kier molecular flexibility index (Phi) is 8.18. The summed E-state index contributed by atoms with van der Waals surface area (Å²) in [5.74, 6) is 0.819. The van der Waals surface area contributed by atoms with Gasteiger partial charge < -0.3 is 20.1 Å². The summed E-state index contributed by atoms with van der Waals surface area (Å²) in [4.78, 5) is 0. The molecule has 1 fully saturated rings. The van der Waals surface area contributed by atoms with E-state index in [-0.39, 0.29) is 0 Å². The van der Waals surface area contributed by atoms with E-state index >= 15 is 0 Å². The van der Waals surface area contributed by atoms with Crippen LogP contribution in [0.25, 0.3) is 0 Å². The molecule has 0 bridgehead atoms. The molecule has 0 heterocycles. The van der Waals surface area contributed by atoms with Crippen molar-refractivity contribution in [2.75, 3.05) is 25.1 Å². The van der Waals surface area contributed by atoms with E-state index in [1.165, 1.54) is 32.1 Å². The lowest BCUT2D eigenvalue weighted by Gasteiger charge is -2.22. The van der Waals surface area contributed by atoms with E-state index in [0.717, 1.165) is 31.0 Å². The summed E-state index contributed by atoms with van der Waals surface area (Å²) < 4.78 is 11.5. The van der Waals surface area contributed by atoms with Gasteiger partial charge in [-0.05, 0) is 50.5 Å². The molecular formula is C18H28N2O2S. The first-order valence-electron chi connectivity index (χ1n) is 8.68. The molecule has 23 heavy (non-hydrogen) atoms. The van der Waals surface area contributed by atoms with E-state index in [2.05, 4.69) is 10.6 Å². The maximum Gasteiger partial charge on any atom is 0.170 e. The van der Waals surface area contributed by atoms with Crippen molar-refractivity contribution < 1.29 is 9.47 Å². The minimum atomic E-state index is 0.479. The van der Waals surface area contributed by atoms with Gasteiger partial charge in [0.2, 0.25) is 0 Å². The number of rotatable bonds is 8. The Morgan fingerprint density at radius 2 is 2.00 bits per heavy atom. The highest BCUT2D eigenvalue weighted by Gasteiger charge is 2.13. The van der Waals surface area contributed by atoms with Crippen molar-refractivity contribution in [2.24, 2.45) is 0 Å². The molecule has 1 aliphatic carbocycles. The number of anilines is 1. The Labute approximate surface area is 144 Å². The van der Waals surface area contributed by atoms with Crippen LogP contribution in [-0.4, -0.2) is 31.0 Å². The third kappa shape index (κ3) is 6.75. The van der Waals surface area contributed by atoms with E-state index in [0.29, 0.717) is 17.8 Å². The summed E-state index contributed by atoms with van der Waals surface area (Å²) in [5.41, 5.74) is 0.894. The van der Waals surface area contributed by atoms with E-state index in [1.54, 1.807) is 0 Å². The fourth-order valence-corrected chi connectivity index (χ4v) is 2.99. The summed E-state index contributed by atoms with van der Waals surface area (Å²) in [6, 6.07) is 7.82. The zero-order valence-electron chi connectivity index (χ0n) is 14.0. The molecule has 0 aromatic heterocycles. The fourth-order valence-electron chi connectivity index (χ4n) is 2.77.